The van der Waals surface area contributed by atoms with Gasteiger partial charge in [0.2, 0.25) is 0 Å². The molecule has 0 saturated carbocycles. The van der Waals surface area contributed by atoms with E-state index in [1.807, 2.05) is 0 Å². The Morgan fingerprint density at radius 3 is 1.33 bits per heavy atom. The molecule has 0 atom stereocenters. The third-order valence-electron chi connectivity index (χ3n) is 0. The fraction of sp³-hybridized carbons (Fsp3) is 0. The summed E-state index contributed by atoms with van der Waals surface area (Å²) in [6, 6.07) is 0. The molecule has 36 valence electrons. The Balaban J connectivity index is -0.0000000450. The van der Waals surface area contributed by atoms with E-state index in [1.165, 1.54) is 0 Å². The second-order valence-corrected chi connectivity index (χ2v) is 1.55. The molecule has 0 rings (SSSR count). The average Bonchev–Trinajstić information content (AvgIpc) is 0.811. The van der Waals surface area contributed by atoms with Crippen LogP contribution in [0.25, 0.3) is 0 Å². The van der Waals surface area contributed by atoms with Crippen LogP contribution in [0.15, 0.2) is 0 Å². The summed E-state index contributed by atoms with van der Waals surface area (Å²) in [6.07, 6.45) is 0. The molecule has 4 nitrogen and oxygen atoms in total. The molecule has 0 heterocycles. The third-order valence-corrected chi connectivity index (χ3v) is 0. The van der Waals surface area contributed by atoms with Crippen molar-refractivity contribution in [1.82, 2.24) is 0 Å². The molecule has 0 bridgehead atoms. The van der Waals surface area contributed by atoms with Gasteiger partial charge in [-0.3, -0.25) is 0 Å². The van der Waals surface area contributed by atoms with Crippen molar-refractivity contribution >= 4 is 49.9 Å². The van der Waals surface area contributed by atoms with E-state index in [2.05, 4.69) is 0 Å². The van der Waals surface area contributed by atoms with Crippen LogP contribution in [0.1, 0.15) is 0 Å². The molecule has 0 aliphatic heterocycles. The van der Waals surface area contributed by atoms with E-state index in [-0.39, 0.29) is 35.0 Å². The second-order valence-electron chi connectivity index (χ2n) is 0.231. The van der Waals surface area contributed by atoms with Crippen LogP contribution in [0, 0.1) is 0 Å². The topological polar surface area (TPSA) is 89.0 Å². The van der Waals surface area contributed by atoms with Crippen molar-refractivity contribution in [2.45, 2.75) is 0 Å². The van der Waals surface area contributed by atoms with Gasteiger partial charge < -0.3 is 5.48 Å². The first-order valence-electron chi connectivity index (χ1n) is 0.532. The summed E-state index contributed by atoms with van der Waals surface area (Å²) >= 11 is -3.61. The first-order chi connectivity index (χ1) is 1.73. The van der Waals surface area contributed by atoms with Gasteiger partial charge >= 0.3 is 60.0 Å². The Labute approximate surface area is 64.9 Å². The van der Waals surface area contributed by atoms with E-state index in [0.717, 1.165) is 0 Å². The van der Waals surface area contributed by atoms with Crippen LogP contribution in [-0.4, -0.2) is 62.3 Å². The predicted octanol–water partition coefficient (Wildman–Crippen LogP) is -3.09. The molecule has 4 N–H and O–H groups in total. The molecule has 0 aromatic rings. The van der Waals surface area contributed by atoms with Crippen LogP contribution in [0.4, 0.5) is 0 Å². The standard InChI is InChI=1S/Na.H2O3Te.H2O.H/c;1-4(2)3;;/h;(H2,1,2,3);1H2;. The summed E-state index contributed by atoms with van der Waals surface area (Å²) in [5.74, 6) is 0. The van der Waals surface area contributed by atoms with Gasteiger partial charge in [-0.2, -0.15) is 0 Å². The maximum absolute atomic E-state index is 8.81. The Bertz CT molecular complexity index is 30.5. The summed E-state index contributed by atoms with van der Waals surface area (Å²) in [5, 5.41) is 0. The third kappa shape index (κ3) is 50.6. The Morgan fingerprint density at radius 1 is 1.33 bits per heavy atom. The molecule has 0 saturated heterocycles. The SMILES string of the molecule is O.O=[Te](O)O.[NaH]. The van der Waals surface area contributed by atoms with Gasteiger partial charge in [-0.15, -0.1) is 0 Å². The molecule has 0 aromatic carbocycles. The van der Waals surface area contributed by atoms with Crippen LogP contribution in [0.2, 0.25) is 0 Å². The van der Waals surface area contributed by atoms with Crippen molar-refractivity contribution in [2.75, 3.05) is 0 Å². The zero-order valence-corrected chi connectivity index (χ0v) is 4.54. The number of hydrogen-bond acceptors (Lipinski definition) is 1. The summed E-state index contributed by atoms with van der Waals surface area (Å²) in [6.45, 7) is 0. The fourth-order valence-corrected chi connectivity index (χ4v) is 0. The van der Waals surface area contributed by atoms with Crippen LogP contribution in [0.3, 0.4) is 0 Å². The summed E-state index contributed by atoms with van der Waals surface area (Å²) in [5.41, 5.74) is 0. The Kier molecular flexibility index (Phi) is 25.3. The van der Waals surface area contributed by atoms with Crippen molar-refractivity contribution in [3.8, 4) is 0 Å². The molecule has 0 unspecified atom stereocenters. The second kappa shape index (κ2) is 9.69. The molecule has 0 aliphatic rings. The van der Waals surface area contributed by atoms with Gasteiger partial charge in [0.25, 0.3) is 0 Å². The van der Waals surface area contributed by atoms with Gasteiger partial charge in [-0.05, 0) is 0 Å². The van der Waals surface area contributed by atoms with Gasteiger partial charge in [-0.25, -0.2) is 0 Å². The molecule has 6 heteroatoms. The van der Waals surface area contributed by atoms with Crippen molar-refractivity contribution in [2.24, 2.45) is 0 Å². The summed E-state index contributed by atoms with van der Waals surface area (Å²) in [7, 11) is 0. The monoisotopic (exact) mass is 222 g/mol. The van der Waals surface area contributed by atoms with E-state index >= 15 is 0 Å². The van der Waals surface area contributed by atoms with Crippen molar-refractivity contribution in [3.63, 3.8) is 0 Å². The van der Waals surface area contributed by atoms with E-state index in [0.29, 0.717) is 0 Å². The molecule has 6 heavy (non-hydrogen) atoms. The van der Waals surface area contributed by atoms with Crippen LogP contribution in [0.5, 0.6) is 0 Å². The van der Waals surface area contributed by atoms with Crippen molar-refractivity contribution in [3.05, 3.63) is 0 Å². The van der Waals surface area contributed by atoms with E-state index < -0.39 is 20.4 Å². The van der Waals surface area contributed by atoms with Gasteiger partial charge in [0, 0.05) is 0 Å². The number of hydrogen-bond donors (Lipinski definition) is 2. The minimum atomic E-state index is -3.61. The predicted molar refractivity (Wildman–Crippen MR) is 21.6 cm³/mol. The molecule has 0 spiro atoms. The molecule has 0 aliphatic carbocycles. The zero-order chi connectivity index (χ0) is 3.58. The first kappa shape index (κ1) is 15.7. The van der Waals surface area contributed by atoms with Gasteiger partial charge in [0.15, 0.2) is 0 Å². The van der Waals surface area contributed by atoms with Crippen molar-refractivity contribution < 1.29 is 15.5 Å². The normalized spacial score (nSPS) is 5.83. The summed E-state index contributed by atoms with van der Waals surface area (Å²) in [4.78, 5) is 0. The molecular formula is H5NaO4Te. The maximum atomic E-state index is 8.81. The molecule has 0 amide bonds. The zero-order valence-electron chi connectivity index (χ0n) is 2.21. The van der Waals surface area contributed by atoms with Crippen LogP contribution in [-0.2, 0) is 3.10 Å². The first-order valence-corrected chi connectivity index (χ1v) is 3.57. The average molecular weight is 220 g/mol. The fourth-order valence-electron chi connectivity index (χ4n) is 0. The Morgan fingerprint density at radius 2 is 1.33 bits per heavy atom. The van der Waals surface area contributed by atoms with E-state index in [9.17, 15) is 0 Å². The van der Waals surface area contributed by atoms with Crippen LogP contribution < -0.4 is 0 Å². The van der Waals surface area contributed by atoms with Gasteiger partial charge in [0.05, 0.1) is 0 Å². The van der Waals surface area contributed by atoms with Gasteiger partial charge in [0.1, 0.15) is 0 Å². The number of rotatable bonds is 0. The van der Waals surface area contributed by atoms with Crippen LogP contribution >= 0.6 is 0 Å². The van der Waals surface area contributed by atoms with Gasteiger partial charge in [-0.1, -0.05) is 0 Å². The van der Waals surface area contributed by atoms with E-state index in [1.54, 1.807) is 0 Å². The molecular weight excluding hydrogens is 215 g/mol. The molecule has 0 fully saturated rings. The van der Waals surface area contributed by atoms with E-state index in [4.69, 9.17) is 10.0 Å². The van der Waals surface area contributed by atoms with Crippen molar-refractivity contribution in [1.29, 1.82) is 0 Å². The minimum absolute atomic E-state index is 0. The molecule has 0 radical (unpaired) electrons. The summed E-state index contributed by atoms with van der Waals surface area (Å²) < 4.78 is 23.3. The molecule has 0 aromatic heterocycles. The Hall–Kier alpha value is 1.47. The quantitative estimate of drug-likeness (QED) is 0.424.